The van der Waals surface area contributed by atoms with Gasteiger partial charge in [0.15, 0.2) is 0 Å². The third kappa shape index (κ3) is 4.00. The topological polar surface area (TPSA) is 62.4 Å². The van der Waals surface area contributed by atoms with Gasteiger partial charge in [0.1, 0.15) is 11.6 Å². The zero-order valence-electron chi connectivity index (χ0n) is 15.3. The molecule has 1 N–H and O–H groups in total. The molecule has 27 heavy (non-hydrogen) atoms. The molecule has 140 valence electrons. The van der Waals surface area contributed by atoms with Crippen molar-refractivity contribution in [2.75, 3.05) is 13.7 Å². The smallest absolute Gasteiger partial charge is 0.257 e. The number of aromatic amines is 1. The highest BCUT2D eigenvalue weighted by Gasteiger charge is 2.20. The van der Waals surface area contributed by atoms with E-state index in [1.165, 1.54) is 23.1 Å². The SMILES string of the molecule is CCCN(Cc1cc2cc(OC)ccc2[nH]c1=O)C(=O)c1ccccc1F. The molecule has 0 bridgehead atoms. The number of pyridine rings is 1. The van der Waals surface area contributed by atoms with E-state index in [9.17, 15) is 14.0 Å². The van der Waals surface area contributed by atoms with Crippen molar-refractivity contribution in [3.63, 3.8) is 0 Å². The van der Waals surface area contributed by atoms with E-state index in [0.717, 1.165) is 5.39 Å². The van der Waals surface area contributed by atoms with Crippen LogP contribution in [0.4, 0.5) is 4.39 Å². The van der Waals surface area contributed by atoms with E-state index in [-0.39, 0.29) is 17.7 Å². The monoisotopic (exact) mass is 368 g/mol. The maximum absolute atomic E-state index is 14.0. The Hall–Kier alpha value is -3.15. The summed E-state index contributed by atoms with van der Waals surface area (Å²) in [4.78, 5) is 29.6. The molecule has 0 spiro atoms. The highest BCUT2D eigenvalue weighted by molar-refractivity contribution is 5.94. The van der Waals surface area contributed by atoms with Crippen LogP contribution in [0, 0.1) is 5.82 Å². The van der Waals surface area contributed by atoms with Gasteiger partial charge in [-0.1, -0.05) is 19.1 Å². The summed E-state index contributed by atoms with van der Waals surface area (Å²) >= 11 is 0. The normalized spacial score (nSPS) is 10.8. The van der Waals surface area contributed by atoms with E-state index in [1.54, 1.807) is 31.4 Å². The standard InChI is InChI=1S/C21H21FN2O3/c1-3-10-24(21(26)17-6-4-5-7-18(17)22)13-15-11-14-12-16(27-2)8-9-19(14)23-20(15)25/h4-9,11-12H,3,10,13H2,1-2H3,(H,23,25). The number of benzene rings is 2. The second-order valence-corrected chi connectivity index (χ2v) is 6.28. The number of amides is 1. The van der Waals surface area contributed by atoms with Crippen LogP contribution in [0.5, 0.6) is 5.75 Å². The third-order valence-electron chi connectivity index (χ3n) is 4.37. The number of halogens is 1. The van der Waals surface area contributed by atoms with Crippen molar-refractivity contribution in [3.05, 3.63) is 75.8 Å². The molecule has 1 heterocycles. The maximum atomic E-state index is 14.0. The van der Waals surface area contributed by atoms with Gasteiger partial charge in [-0.3, -0.25) is 9.59 Å². The first-order valence-electron chi connectivity index (χ1n) is 8.77. The first-order valence-corrected chi connectivity index (χ1v) is 8.77. The average Bonchev–Trinajstić information content (AvgIpc) is 2.67. The fourth-order valence-electron chi connectivity index (χ4n) is 3.01. The predicted octanol–water partition coefficient (Wildman–Crippen LogP) is 3.73. The minimum absolute atomic E-state index is 0.00448. The van der Waals surface area contributed by atoms with Crippen molar-refractivity contribution in [1.29, 1.82) is 0 Å². The predicted molar refractivity (Wildman–Crippen MR) is 103 cm³/mol. The summed E-state index contributed by atoms with van der Waals surface area (Å²) in [6.45, 7) is 2.45. The van der Waals surface area contributed by atoms with Gasteiger partial charge in [0.25, 0.3) is 11.5 Å². The Morgan fingerprint density at radius 2 is 1.96 bits per heavy atom. The van der Waals surface area contributed by atoms with Crippen molar-refractivity contribution < 1.29 is 13.9 Å². The largest absolute Gasteiger partial charge is 0.497 e. The lowest BCUT2D eigenvalue weighted by Crippen LogP contribution is -2.34. The van der Waals surface area contributed by atoms with E-state index in [0.29, 0.717) is 29.8 Å². The third-order valence-corrected chi connectivity index (χ3v) is 4.37. The van der Waals surface area contributed by atoms with Gasteiger partial charge in [0.05, 0.1) is 19.2 Å². The molecule has 0 unspecified atom stereocenters. The van der Waals surface area contributed by atoms with E-state index in [1.807, 2.05) is 13.0 Å². The molecule has 1 aromatic heterocycles. The molecule has 0 saturated carbocycles. The quantitative estimate of drug-likeness (QED) is 0.721. The molecule has 1 amide bonds. The van der Waals surface area contributed by atoms with Gasteiger partial charge in [-0.25, -0.2) is 4.39 Å². The van der Waals surface area contributed by atoms with Gasteiger partial charge in [0.2, 0.25) is 0 Å². The van der Waals surface area contributed by atoms with Crippen LogP contribution >= 0.6 is 0 Å². The number of methoxy groups -OCH3 is 1. The number of fused-ring (bicyclic) bond motifs is 1. The Morgan fingerprint density at radius 3 is 2.67 bits per heavy atom. The zero-order valence-corrected chi connectivity index (χ0v) is 15.3. The molecular weight excluding hydrogens is 347 g/mol. The molecule has 3 aromatic rings. The minimum Gasteiger partial charge on any atom is -0.497 e. The Labute approximate surface area is 156 Å². The fourth-order valence-corrected chi connectivity index (χ4v) is 3.01. The van der Waals surface area contributed by atoms with E-state index < -0.39 is 11.7 Å². The van der Waals surface area contributed by atoms with Crippen molar-refractivity contribution in [3.8, 4) is 5.75 Å². The zero-order chi connectivity index (χ0) is 19.4. The molecular formula is C21H21FN2O3. The Balaban J connectivity index is 1.96. The summed E-state index contributed by atoms with van der Waals surface area (Å²) in [5.41, 5.74) is 0.862. The lowest BCUT2D eigenvalue weighted by Gasteiger charge is -2.22. The number of rotatable bonds is 6. The van der Waals surface area contributed by atoms with Crippen LogP contribution in [-0.2, 0) is 6.54 Å². The molecule has 6 heteroatoms. The summed E-state index contributed by atoms with van der Waals surface area (Å²) in [6.07, 6.45) is 0.694. The van der Waals surface area contributed by atoms with Crippen molar-refractivity contribution >= 4 is 16.8 Å². The summed E-state index contributed by atoms with van der Waals surface area (Å²) in [5, 5.41) is 0.804. The van der Waals surface area contributed by atoms with Gasteiger partial charge in [-0.2, -0.15) is 0 Å². The number of ether oxygens (including phenoxy) is 1. The molecule has 0 radical (unpaired) electrons. The molecule has 5 nitrogen and oxygen atoms in total. The first-order chi connectivity index (χ1) is 13.0. The number of carbonyl (C=O) groups is 1. The maximum Gasteiger partial charge on any atom is 0.257 e. The van der Waals surface area contributed by atoms with E-state index >= 15 is 0 Å². The lowest BCUT2D eigenvalue weighted by atomic mass is 10.1. The van der Waals surface area contributed by atoms with Crippen LogP contribution in [0.15, 0.2) is 53.3 Å². The van der Waals surface area contributed by atoms with Crippen LogP contribution in [0.3, 0.4) is 0 Å². The summed E-state index contributed by atoms with van der Waals surface area (Å²) < 4.78 is 19.2. The van der Waals surface area contributed by atoms with Gasteiger partial charge >= 0.3 is 0 Å². The summed E-state index contributed by atoms with van der Waals surface area (Å²) in [6, 6.07) is 13.0. The molecule has 3 rings (SSSR count). The van der Waals surface area contributed by atoms with Gasteiger partial charge in [-0.15, -0.1) is 0 Å². The summed E-state index contributed by atoms with van der Waals surface area (Å²) in [7, 11) is 1.57. The molecule has 0 saturated heterocycles. The van der Waals surface area contributed by atoms with Gasteiger partial charge in [0, 0.05) is 23.0 Å². The minimum atomic E-state index is -0.569. The second kappa shape index (κ2) is 8.03. The molecule has 0 aliphatic carbocycles. The molecule has 2 aromatic carbocycles. The Morgan fingerprint density at radius 1 is 1.19 bits per heavy atom. The molecule has 0 atom stereocenters. The number of nitrogens with zero attached hydrogens (tertiary/aromatic N) is 1. The van der Waals surface area contributed by atoms with E-state index in [4.69, 9.17) is 4.74 Å². The lowest BCUT2D eigenvalue weighted by molar-refractivity contribution is 0.0738. The van der Waals surface area contributed by atoms with Crippen LogP contribution < -0.4 is 10.3 Å². The number of hydrogen-bond acceptors (Lipinski definition) is 3. The molecule has 0 fully saturated rings. The summed E-state index contributed by atoms with van der Waals surface area (Å²) in [5.74, 6) is -0.325. The van der Waals surface area contributed by atoms with Crippen LogP contribution in [0.2, 0.25) is 0 Å². The van der Waals surface area contributed by atoms with E-state index in [2.05, 4.69) is 4.98 Å². The van der Waals surface area contributed by atoms with Crippen molar-refractivity contribution in [2.45, 2.75) is 19.9 Å². The van der Waals surface area contributed by atoms with Crippen molar-refractivity contribution in [2.24, 2.45) is 0 Å². The number of nitrogens with one attached hydrogen (secondary N) is 1. The average molecular weight is 368 g/mol. The fraction of sp³-hybridized carbons (Fsp3) is 0.238. The first kappa shape index (κ1) is 18.6. The highest BCUT2D eigenvalue weighted by Crippen LogP contribution is 2.20. The Kier molecular flexibility index (Phi) is 5.54. The number of hydrogen-bond donors (Lipinski definition) is 1. The van der Waals surface area contributed by atoms with Crippen LogP contribution in [0.25, 0.3) is 10.9 Å². The van der Waals surface area contributed by atoms with Crippen molar-refractivity contribution in [1.82, 2.24) is 9.88 Å². The van der Waals surface area contributed by atoms with Gasteiger partial charge < -0.3 is 14.6 Å². The molecule has 0 aliphatic heterocycles. The van der Waals surface area contributed by atoms with Crippen LogP contribution in [0.1, 0.15) is 29.3 Å². The second-order valence-electron chi connectivity index (χ2n) is 6.28. The number of aromatic nitrogens is 1. The highest BCUT2D eigenvalue weighted by atomic mass is 19.1. The van der Waals surface area contributed by atoms with Crippen LogP contribution in [-0.4, -0.2) is 29.4 Å². The van der Waals surface area contributed by atoms with Gasteiger partial charge in [-0.05, 0) is 42.8 Å². The Bertz CT molecular complexity index is 1030. The molecule has 0 aliphatic rings. The number of carbonyl (C=O) groups excluding carboxylic acids is 1. The number of H-pyrrole nitrogens is 1.